The largest absolute Gasteiger partial charge is 0.366 e. The quantitative estimate of drug-likeness (QED) is 0.657. The van der Waals surface area contributed by atoms with Gasteiger partial charge in [-0.25, -0.2) is 4.98 Å². The van der Waals surface area contributed by atoms with Gasteiger partial charge < -0.3 is 15.7 Å². The minimum absolute atomic E-state index is 0.135. The van der Waals surface area contributed by atoms with E-state index in [0.29, 0.717) is 29.6 Å². The molecule has 0 bridgehead atoms. The predicted molar refractivity (Wildman–Crippen MR) is 91.6 cm³/mol. The molecule has 0 atom stereocenters. The third-order valence-corrected chi connectivity index (χ3v) is 3.79. The Balaban J connectivity index is 1.83. The number of amides is 1. The van der Waals surface area contributed by atoms with Crippen molar-refractivity contribution in [1.29, 1.82) is 0 Å². The normalized spacial score (nSPS) is 11.3. The number of carbonyl (C=O) groups is 1. The van der Waals surface area contributed by atoms with Gasteiger partial charge in [0.15, 0.2) is 5.43 Å². The summed E-state index contributed by atoms with van der Waals surface area (Å²) in [6, 6.07) is 6.39. The van der Waals surface area contributed by atoms with Gasteiger partial charge in [0.25, 0.3) is 0 Å². The van der Waals surface area contributed by atoms with Crippen LogP contribution in [-0.4, -0.2) is 32.8 Å². The van der Waals surface area contributed by atoms with E-state index in [1.807, 2.05) is 18.9 Å². The molecule has 24 heavy (non-hydrogen) atoms. The van der Waals surface area contributed by atoms with Gasteiger partial charge in [0, 0.05) is 46.7 Å². The molecular formula is C17H19N5O2. The highest BCUT2D eigenvalue weighted by molar-refractivity contribution is 5.96. The van der Waals surface area contributed by atoms with E-state index in [-0.39, 0.29) is 5.43 Å². The number of fused-ring (bicyclic) bond motifs is 1. The summed E-state index contributed by atoms with van der Waals surface area (Å²) in [7, 11) is 1.95. The molecule has 0 aliphatic rings. The lowest BCUT2D eigenvalue weighted by Gasteiger charge is -2.15. The number of nitrogens with one attached hydrogen (secondary N) is 2. The molecule has 124 valence electrons. The van der Waals surface area contributed by atoms with E-state index in [0.717, 1.165) is 17.2 Å². The maximum atomic E-state index is 12.3. The molecule has 7 heteroatoms. The van der Waals surface area contributed by atoms with E-state index in [2.05, 4.69) is 15.0 Å². The molecule has 0 radical (unpaired) electrons. The van der Waals surface area contributed by atoms with Crippen LogP contribution in [0, 0.1) is 6.92 Å². The molecule has 1 amide bonds. The number of nitrogens with two attached hydrogens (primary N) is 1. The fourth-order valence-electron chi connectivity index (χ4n) is 2.69. The van der Waals surface area contributed by atoms with Gasteiger partial charge in [0.2, 0.25) is 5.91 Å². The van der Waals surface area contributed by atoms with Gasteiger partial charge >= 0.3 is 0 Å². The Morgan fingerprint density at radius 1 is 1.25 bits per heavy atom. The molecule has 3 rings (SSSR count). The van der Waals surface area contributed by atoms with Crippen molar-refractivity contribution in [3.8, 4) is 0 Å². The van der Waals surface area contributed by atoms with Gasteiger partial charge in [-0.3, -0.25) is 14.5 Å². The topological polar surface area (TPSA) is 108 Å². The van der Waals surface area contributed by atoms with Crippen LogP contribution in [0.1, 0.15) is 27.6 Å². The number of imidazole rings is 1. The van der Waals surface area contributed by atoms with Crippen LogP contribution in [0.15, 0.2) is 35.3 Å². The van der Waals surface area contributed by atoms with Gasteiger partial charge in [-0.15, -0.1) is 0 Å². The standard InChI is InChI=1S/C17H19N5O2/c1-10-7-19-16(20-10)9-22(2)8-12-6-15(23)13-5-11(17(18)24)3-4-14(13)21-12/h3-7H,8-9H2,1-2H3,(H2,18,24)(H,19,20)(H,21,23). The van der Waals surface area contributed by atoms with E-state index in [1.54, 1.807) is 24.4 Å². The number of aryl methyl sites for hydroxylation is 1. The maximum absolute atomic E-state index is 12.3. The summed E-state index contributed by atoms with van der Waals surface area (Å²) in [6.07, 6.45) is 1.79. The summed E-state index contributed by atoms with van der Waals surface area (Å²) >= 11 is 0. The third kappa shape index (κ3) is 3.36. The number of benzene rings is 1. The second kappa shape index (κ2) is 6.29. The van der Waals surface area contributed by atoms with Crippen LogP contribution >= 0.6 is 0 Å². The molecule has 0 spiro atoms. The minimum atomic E-state index is -0.547. The molecule has 4 N–H and O–H groups in total. The van der Waals surface area contributed by atoms with Crippen molar-refractivity contribution >= 4 is 16.8 Å². The van der Waals surface area contributed by atoms with Gasteiger partial charge in [0.05, 0.1) is 6.54 Å². The first kappa shape index (κ1) is 15.9. The summed E-state index contributed by atoms with van der Waals surface area (Å²) in [4.78, 5) is 36.3. The number of hydrogen-bond acceptors (Lipinski definition) is 4. The first-order valence-electron chi connectivity index (χ1n) is 7.57. The van der Waals surface area contributed by atoms with E-state index in [9.17, 15) is 9.59 Å². The van der Waals surface area contributed by atoms with Crippen LogP contribution in [0.3, 0.4) is 0 Å². The van der Waals surface area contributed by atoms with Gasteiger partial charge in [0.1, 0.15) is 5.82 Å². The number of primary amides is 1. The Bertz CT molecular complexity index is 957. The molecule has 7 nitrogen and oxygen atoms in total. The molecule has 2 heterocycles. The van der Waals surface area contributed by atoms with Crippen molar-refractivity contribution in [2.75, 3.05) is 7.05 Å². The number of rotatable bonds is 5. The first-order chi connectivity index (χ1) is 11.4. The van der Waals surface area contributed by atoms with Crippen molar-refractivity contribution in [3.63, 3.8) is 0 Å². The highest BCUT2D eigenvalue weighted by atomic mass is 16.1. The Kier molecular flexibility index (Phi) is 4.18. The Morgan fingerprint density at radius 2 is 2.04 bits per heavy atom. The first-order valence-corrected chi connectivity index (χ1v) is 7.57. The summed E-state index contributed by atoms with van der Waals surface area (Å²) in [6.45, 7) is 3.18. The van der Waals surface area contributed by atoms with Crippen molar-refractivity contribution in [3.05, 3.63) is 63.5 Å². The monoisotopic (exact) mass is 325 g/mol. The lowest BCUT2D eigenvalue weighted by molar-refractivity contribution is 0.100. The highest BCUT2D eigenvalue weighted by Gasteiger charge is 2.09. The molecule has 0 fully saturated rings. The highest BCUT2D eigenvalue weighted by Crippen LogP contribution is 2.12. The third-order valence-electron chi connectivity index (χ3n) is 3.79. The number of H-pyrrole nitrogens is 2. The zero-order chi connectivity index (χ0) is 17.3. The van der Waals surface area contributed by atoms with Gasteiger partial charge in [-0.1, -0.05) is 0 Å². The molecule has 0 aliphatic carbocycles. The van der Waals surface area contributed by atoms with E-state index < -0.39 is 5.91 Å². The number of aromatic nitrogens is 3. The predicted octanol–water partition coefficient (Wildman–Crippen LogP) is 1.29. The second-order valence-corrected chi connectivity index (χ2v) is 5.97. The number of hydrogen-bond donors (Lipinski definition) is 3. The van der Waals surface area contributed by atoms with Crippen LogP contribution in [0.2, 0.25) is 0 Å². The fourth-order valence-corrected chi connectivity index (χ4v) is 2.69. The summed E-state index contributed by atoms with van der Waals surface area (Å²) in [5.74, 6) is 0.332. The Hall–Kier alpha value is -2.93. The molecule has 0 aliphatic heterocycles. The molecule has 0 saturated carbocycles. The van der Waals surface area contributed by atoms with E-state index >= 15 is 0 Å². The molecule has 2 aromatic heterocycles. The number of nitrogens with zero attached hydrogens (tertiary/aromatic N) is 2. The van der Waals surface area contributed by atoms with Crippen molar-refractivity contribution in [1.82, 2.24) is 19.9 Å². The average molecular weight is 325 g/mol. The van der Waals surface area contributed by atoms with Crippen LogP contribution in [-0.2, 0) is 13.1 Å². The lowest BCUT2D eigenvalue weighted by atomic mass is 10.1. The van der Waals surface area contributed by atoms with Crippen LogP contribution in [0.5, 0.6) is 0 Å². The van der Waals surface area contributed by atoms with Crippen molar-refractivity contribution < 1.29 is 4.79 Å². The molecule has 0 unspecified atom stereocenters. The Morgan fingerprint density at radius 3 is 2.71 bits per heavy atom. The summed E-state index contributed by atoms with van der Waals surface area (Å²) in [5, 5.41) is 0.458. The molecule has 3 aromatic rings. The van der Waals surface area contributed by atoms with Crippen LogP contribution in [0.4, 0.5) is 0 Å². The van der Waals surface area contributed by atoms with Crippen molar-refractivity contribution in [2.24, 2.45) is 5.73 Å². The number of carbonyl (C=O) groups excluding carboxylic acids is 1. The SMILES string of the molecule is Cc1cnc(CN(C)Cc2cc(=O)c3cc(C(N)=O)ccc3[nH]2)[nH]1. The summed E-state index contributed by atoms with van der Waals surface area (Å²) in [5.41, 5.74) is 7.95. The van der Waals surface area contributed by atoms with Gasteiger partial charge in [-0.2, -0.15) is 0 Å². The fraction of sp³-hybridized carbons (Fsp3) is 0.235. The summed E-state index contributed by atoms with van der Waals surface area (Å²) < 4.78 is 0. The smallest absolute Gasteiger partial charge is 0.248 e. The Labute approximate surface area is 138 Å². The van der Waals surface area contributed by atoms with Crippen LogP contribution in [0.25, 0.3) is 10.9 Å². The van der Waals surface area contributed by atoms with E-state index in [1.165, 1.54) is 6.07 Å². The number of aromatic amines is 2. The zero-order valence-electron chi connectivity index (χ0n) is 13.6. The minimum Gasteiger partial charge on any atom is -0.366 e. The molecule has 1 aromatic carbocycles. The van der Waals surface area contributed by atoms with Gasteiger partial charge in [-0.05, 0) is 32.2 Å². The lowest BCUT2D eigenvalue weighted by Crippen LogP contribution is -2.20. The maximum Gasteiger partial charge on any atom is 0.248 e. The van der Waals surface area contributed by atoms with Crippen molar-refractivity contribution in [2.45, 2.75) is 20.0 Å². The second-order valence-electron chi connectivity index (χ2n) is 5.97. The van der Waals surface area contributed by atoms with E-state index in [4.69, 9.17) is 5.73 Å². The van der Waals surface area contributed by atoms with Crippen LogP contribution < -0.4 is 11.2 Å². The number of pyridine rings is 1. The average Bonchev–Trinajstić information content (AvgIpc) is 2.91. The zero-order valence-corrected chi connectivity index (χ0v) is 13.6. The molecular weight excluding hydrogens is 306 g/mol. The molecule has 0 saturated heterocycles.